The summed E-state index contributed by atoms with van der Waals surface area (Å²) in [6.45, 7) is 0.456. The lowest BCUT2D eigenvalue weighted by atomic mass is 10.1. The van der Waals surface area contributed by atoms with E-state index in [4.69, 9.17) is 0 Å². The standard InChI is InChI=1S/C17H14F4N2OS/c18-13-2-1-3-14(10-13)22-16(24)23-8-9-25-15(23)11-4-6-12(7-5-11)17(19,20)21/h1-7,10,15H,8-9H2,(H,22,24)/t15-/m1/s1. The molecule has 0 radical (unpaired) electrons. The first-order chi connectivity index (χ1) is 11.8. The number of halogens is 4. The molecule has 3 rings (SSSR count). The summed E-state index contributed by atoms with van der Waals surface area (Å²) in [5, 5.41) is 2.23. The van der Waals surface area contributed by atoms with Crippen LogP contribution >= 0.6 is 11.8 Å². The largest absolute Gasteiger partial charge is 0.416 e. The van der Waals surface area contributed by atoms with Crippen LogP contribution in [0.25, 0.3) is 0 Å². The number of anilines is 1. The third kappa shape index (κ3) is 4.07. The quantitative estimate of drug-likeness (QED) is 0.744. The lowest BCUT2D eigenvalue weighted by Crippen LogP contribution is -2.34. The van der Waals surface area contributed by atoms with E-state index in [0.29, 0.717) is 23.5 Å². The van der Waals surface area contributed by atoms with Gasteiger partial charge >= 0.3 is 12.2 Å². The van der Waals surface area contributed by atoms with Crippen molar-refractivity contribution in [2.75, 3.05) is 17.6 Å². The number of thioether (sulfide) groups is 1. The van der Waals surface area contributed by atoms with Gasteiger partial charge in [0.2, 0.25) is 0 Å². The van der Waals surface area contributed by atoms with E-state index in [2.05, 4.69) is 5.32 Å². The fourth-order valence-corrected chi connectivity index (χ4v) is 3.81. The van der Waals surface area contributed by atoms with Crippen LogP contribution in [0.5, 0.6) is 0 Å². The van der Waals surface area contributed by atoms with Crippen molar-refractivity contribution in [3.05, 3.63) is 65.5 Å². The highest BCUT2D eigenvalue weighted by Gasteiger charge is 2.33. The second kappa shape index (κ2) is 6.95. The van der Waals surface area contributed by atoms with Crippen LogP contribution in [0, 0.1) is 5.82 Å². The minimum Gasteiger partial charge on any atom is -0.308 e. The van der Waals surface area contributed by atoms with E-state index in [1.807, 2.05) is 0 Å². The van der Waals surface area contributed by atoms with Gasteiger partial charge in [0, 0.05) is 18.0 Å². The molecular formula is C17H14F4N2OS. The molecule has 0 unspecified atom stereocenters. The van der Waals surface area contributed by atoms with Crippen LogP contribution in [0.4, 0.5) is 28.0 Å². The van der Waals surface area contributed by atoms with Crippen LogP contribution in [-0.4, -0.2) is 23.2 Å². The van der Waals surface area contributed by atoms with Gasteiger partial charge < -0.3 is 10.2 Å². The highest BCUT2D eigenvalue weighted by atomic mass is 32.2. The number of hydrogen-bond donors (Lipinski definition) is 1. The normalized spacial score (nSPS) is 17.6. The predicted octanol–water partition coefficient (Wildman–Crippen LogP) is 5.12. The van der Waals surface area contributed by atoms with Gasteiger partial charge in [-0.05, 0) is 35.9 Å². The molecule has 1 atom stereocenters. The first kappa shape index (κ1) is 17.6. The monoisotopic (exact) mass is 370 g/mol. The number of rotatable bonds is 2. The van der Waals surface area contributed by atoms with Crippen molar-refractivity contribution < 1.29 is 22.4 Å². The van der Waals surface area contributed by atoms with E-state index in [9.17, 15) is 22.4 Å². The van der Waals surface area contributed by atoms with E-state index in [1.54, 1.807) is 6.07 Å². The Morgan fingerprint density at radius 2 is 1.88 bits per heavy atom. The highest BCUT2D eigenvalue weighted by molar-refractivity contribution is 7.99. The zero-order chi connectivity index (χ0) is 18.0. The Kier molecular flexibility index (Phi) is 4.89. The first-order valence-corrected chi connectivity index (χ1v) is 8.51. The smallest absolute Gasteiger partial charge is 0.308 e. The Morgan fingerprint density at radius 3 is 2.52 bits per heavy atom. The predicted molar refractivity (Wildman–Crippen MR) is 88.8 cm³/mol. The molecule has 1 aliphatic heterocycles. The van der Waals surface area contributed by atoms with Gasteiger partial charge in [-0.15, -0.1) is 11.8 Å². The molecule has 8 heteroatoms. The molecule has 0 spiro atoms. The van der Waals surface area contributed by atoms with Crippen LogP contribution in [0.1, 0.15) is 16.5 Å². The summed E-state index contributed by atoms with van der Waals surface area (Å²) in [5.41, 5.74) is 0.216. The third-order valence-corrected chi connectivity index (χ3v) is 5.01. The molecule has 25 heavy (non-hydrogen) atoms. The summed E-state index contributed by atoms with van der Waals surface area (Å²) in [5.74, 6) is 0.204. The lowest BCUT2D eigenvalue weighted by Gasteiger charge is -2.24. The molecular weight excluding hydrogens is 356 g/mol. The summed E-state index contributed by atoms with van der Waals surface area (Å²) < 4.78 is 51.2. The second-order valence-corrected chi connectivity index (χ2v) is 6.66. The summed E-state index contributed by atoms with van der Waals surface area (Å²) in [4.78, 5) is 14.0. The van der Waals surface area contributed by atoms with Crippen molar-refractivity contribution in [1.82, 2.24) is 4.90 Å². The summed E-state index contributed by atoms with van der Waals surface area (Å²) in [6.07, 6.45) is -4.39. The number of urea groups is 1. The third-order valence-electron chi connectivity index (χ3n) is 3.75. The summed E-state index contributed by atoms with van der Waals surface area (Å²) in [6, 6.07) is 9.89. The van der Waals surface area contributed by atoms with E-state index in [-0.39, 0.29) is 5.37 Å². The van der Waals surface area contributed by atoms with Gasteiger partial charge in [-0.2, -0.15) is 13.2 Å². The maximum Gasteiger partial charge on any atom is 0.416 e. The zero-order valence-electron chi connectivity index (χ0n) is 12.9. The molecule has 0 aliphatic carbocycles. The minimum atomic E-state index is -4.39. The SMILES string of the molecule is O=C(Nc1cccc(F)c1)N1CCS[C@@H]1c1ccc(C(F)(F)F)cc1. The maximum absolute atomic E-state index is 13.2. The molecule has 132 valence electrons. The number of amides is 2. The van der Waals surface area contributed by atoms with E-state index in [1.165, 1.54) is 47.0 Å². The lowest BCUT2D eigenvalue weighted by molar-refractivity contribution is -0.137. The van der Waals surface area contributed by atoms with Crippen LogP contribution < -0.4 is 5.32 Å². The first-order valence-electron chi connectivity index (χ1n) is 7.46. The fraction of sp³-hybridized carbons (Fsp3) is 0.235. The Hall–Kier alpha value is -2.22. The van der Waals surface area contributed by atoms with Gasteiger partial charge in [-0.3, -0.25) is 0 Å². The maximum atomic E-state index is 13.2. The summed E-state index contributed by atoms with van der Waals surface area (Å²) >= 11 is 1.47. The average molecular weight is 370 g/mol. The number of nitrogens with one attached hydrogen (secondary N) is 1. The second-order valence-electron chi connectivity index (χ2n) is 5.48. The number of benzene rings is 2. The van der Waals surface area contributed by atoms with Gasteiger partial charge in [0.05, 0.1) is 5.56 Å². The van der Waals surface area contributed by atoms with E-state index >= 15 is 0 Å². The number of carbonyl (C=O) groups is 1. The van der Waals surface area contributed by atoms with Gasteiger partial charge in [0.25, 0.3) is 0 Å². The van der Waals surface area contributed by atoms with Crippen molar-refractivity contribution in [3.8, 4) is 0 Å². The van der Waals surface area contributed by atoms with Crippen molar-refractivity contribution in [2.24, 2.45) is 0 Å². The van der Waals surface area contributed by atoms with Crippen molar-refractivity contribution in [3.63, 3.8) is 0 Å². The Labute approximate surface area is 146 Å². The van der Waals surface area contributed by atoms with Gasteiger partial charge in [-0.25, -0.2) is 9.18 Å². The number of carbonyl (C=O) groups excluding carboxylic acids is 1. The zero-order valence-corrected chi connectivity index (χ0v) is 13.7. The molecule has 0 saturated carbocycles. The van der Waals surface area contributed by atoms with Crippen LogP contribution in [-0.2, 0) is 6.18 Å². The fourth-order valence-electron chi connectivity index (χ4n) is 2.55. The van der Waals surface area contributed by atoms with Crippen LogP contribution in [0.2, 0.25) is 0 Å². The average Bonchev–Trinajstić information content (AvgIpc) is 3.04. The molecule has 1 heterocycles. The Bertz CT molecular complexity index is 764. The molecule has 1 fully saturated rings. The van der Waals surface area contributed by atoms with E-state index < -0.39 is 23.6 Å². The highest BCUT2D eigenvalue weighted by Crippen LogP contribution is 2.39. The molecule has 2 aromatic rings. The Balaban J connectivity index is 1.74. The molecule has 1 saturated heterocycles. The van der Waals surface area contributed by atoms with Gasteiger partial charge in [-0.1, -0.05) is 18.2 Å². The van der Waals surface area contributed by atoms with Crippen molar-refractivity contribution >= 4 is 23.5 Å². The van der Waals surface area contributed by atoms with E-state index in [0.717, 1.165) is 12.1 Å². The van der Waals surface area contributed by atoms with Crippen molar-refractivity contribution in [1.29, 1.82) is 0 Å². The molecule has 0 aromatic heterocycles. The molecule has 2 amide bonds. The number of alkyl halides is 3. The number of hydrogen-bond acceptors (Lipinski definition) is 2. The van der Waals surface area contributed by atoms with Crippen molar-refractivity contribution in [2.45, 2.75) is 11.6 Å². The molecule has 0 bridgehead atoms. The minimum absolute atomic E-state index is 0.327. The number of nitrogens with zero attached hydrogens (tertiary/aromatic N) is 1. The summed E-state index contributed by atoms with van der Waals surface area (Å²) in [7, 11) is 0. The molecule has 1 aliphatic rings. The molecule has 3 nitrogen and oxygen atoms in total. The molecule has 1 N–H and O–H groups in total. The Morgan fingerprint density at radius 1 is 1.16 bits per heavy atom. The molecule has 2 aromatic carbocycles. The van der Waals surface area contributed by atoms with Crippen LogP contribution in [0.15, 0.2) is 48.5 Å². The topological polar surface area (TPSA) is 32.3 Å². The van der Waals surface area contributed by atoms with Gasteiger partial charge in [0.15, 0.2) is 0 Å². The van der Waals surface area contributed by atoms with Gasteiger partial charge in [0.1, 0.15) is 11.2 Å². The van der Waals surface area contributed by atoms with Crippen LogP contribution in [0.3, 0.4) is 0 Å².